The van der Waals surface area contributed by atoms with E-state index in [1.807, 2.05) is 30.3 Å². The monoisotopic (exact) mass is 359 g/mol. The van der Waals surface area contributed by atoms with Gasteiger partial charge < -0.3 is 10.1 Å². The number of hydrazine groups is 1. The van der Waals surface area contributed by atoms with Gasteiger partial charge in [-0.2, -0.15) is 0 Å². The molecule has 0 aliphatic carbocycles. The van der Waals surface area contributed by atoms with Gasteiger partial charge in [0, 0.05) is 26.2 Å². The van der Waals surface area contributed by atoms with E-state index in [1.165, 1.54) is 6.33 Å². The number of anilines is 3. The minimum Gasteiger partial charge on any atom is -0.379 e. The van der Waals surface area contributed by atoms with Gasteiger partial charge in [-0.05, 0) is 12.1 Å². The summed E-state index contributed by atoms with van der Waals surface area (Å²) in [5, 5.41) is 14.5. The molecule has 3 rings (SSSR count). The van der Waals surface area contributed by atoms with E-state index >= 15 is 0 Å². The summed E-state index contributed by atoms with van der Waals surface area (Å²) in [6.07, 6.45) is 1.29. The van der Waals surface area contributed by atoms with Crippen LogP contribution in [0.15, 0.2) is 36.7 Å². The van der Waals surface area contributed by atoms with Crippen LogP contribution < -0.4 is 16.2 Å². The molecule has 1 aliphatic heterocycles. The van der Waals surface area contributed by atoms with Gasteiger partial charge in [0.1, 0.15) is 6.33 Å². The molecule has 1 saturated heterocycles. The van der Waals surface area contributed by atoms with Crippen LogP contribution >= 0.6 is 0 Å². The summed E-state index contributed by atoms with van der Waals surface area (Å²) in [5.41, 5.74) is 6.25. The van der Waals surface area contributed by atoms with Gasteiger partial charge in [0.05, 0.1) is 23.8 Å². The Bertz CT molecular complexity index is 723. The van der Waals surface area contributed by atoms with Crippen molar-refractivity contribution in [1.29, 1.82) is 0 Å². The number of ether oxygens (including phenoxy) is 1. The standard InChI is InChI=1S/C16H21N7O3/c24-23(25)14-15(17-6-7-22-8-10-26-11-9-22)18-12-19-16(14)21-20-13-4-2-1-3-5-13/h1-5,12,20H,6-11H2,(H2,17,18,19,21). The fourth-order valence-electron chi connectivity index (χ4n) is 2.58. The van der Waals surface area contributed by atoms with Gasteiger partial charge in [-0.25, -0.2) is 9.97 Å². The molecule has 1 aromatic heterocycles. The number of nitrogens with zero attached hydrogens (tertiary/aromatic N) is 4. The van der Waals surface area contributed by atoms with Crippen LogP contribution in [0.4, 0.5) is 23.0 Å². The Morgan fingerprint density at radius 2 is 1.85 bits per heavy atom. The third kappa shape index (κ3) is 4.77. The number of nitro groups is 1. The van der Waals surface area contributed by atoms with Crippen LogP contribution in [0.3, 0.4) is 0 Å². The van der Waals surface area contributed by atoms with Crippen molar-refractivity contribution >= 4 is 23.0 Å². The first kappa shape index (κ1) is 17.8. The molecule has 138 valence electrons. The van der Waals surface area contributed by atoms with Gasteiger partial charge in [-0.1, -0.05) is 18.2 Å². The first-order valence-electron chi connectivity index (χ1n) is 8.34. The summed E-state index contributed by atoms with van der Waals surface area (Å²) in [5.74, 6) is 0.290. The maximum Gasteiger partial charge on any atom is 0.354 e. The SMILES string of the molecule is O=[N+]([O-])c1c(NCCN2CCOCC2)ncnc1NNc1ccccc1. The second kappa shape index (κ2) is 8.92. The van der Waals surface area contributed by atoms with Crippen LogP contribution in [0.2, 0.25) is 0 Å². The van der Waals surface area contributed by atoms with Crippen LogP contribution in [-0.2, 0) is 4.74 Å². The molecule has 0 saturated carbocycles. The second-order valence-corrected chi connectivity index (χ2v) is 5.67. The zero-order valence-electron chi connectivity index (χ0n) is 14.2. The number of nitrogens with one attached hydrogen (secondary N) is 3. The second-order valence-electron chi connectivity index (χ2n) is 5.67. The molecule has 3 N–H and O–H groups in total. The normalized spacial score (nSPS) is 14.6. The van der Waals surface area contributed by atoms with E-state index < -0.39 is 4.92 Å². The fourth-order valence-corrected chi connectivity index (χ4v) is 2.58. The molecule has 2 aromatic rings. The van der Waals surface area contributed by atoms with Crippen LogP contribution in [0, 0.1) is 10.1 Å². The fraction of sp³-hybridized carbons (Fsp3) is 0.375. The van der Waals surface area contributed by atoms with Crippen molar-refractivity contribution in [1.82, 2.24) is 14.9 Å². The lowest BCUT2D eigenvalue weighted by Crippen LogP contribution is -2.39. The van der Waals surface area contributed by atoms with Gasteiger partial charge >= 0.3 is 5.69 Å². The number of rotatable bonds is 8. The molecule has 10 heteroatoms. The Hall–Kier alpha value is -2.98. The minimum atomic E-state index is -0.494. The van der Waals surface area contributed by atoms with E-state index in [9.17, 15) is 10.1 Å². The summed E-state index contributed by atoms with van der Waals surface area (Å²) in [6, 6.07) is 9.27. The molecule has 26 heavy (non-hydrogen) atoms. The van der Waals surface area contributed by atoms with Crippen molar-refractivity contribution in [2.75, 3.05) is 55.6 Å². The zero-order valence-corrected chi connectivity index (χ0v) is 14.2. The lowest BCUT2D eigenvalue weighted by atomic mass is 10.3. The van der Waals surface area contributed by atoms with E-state index in [0.29, 0.717) is 19.8 Å². The Labute approximate surface area is 150 Å². The first-order valence-corrected chi connectivity index (χ1v) is 8.34. The third-order valence-electron chi connectivity index (χ3n) is 3.93. The molecular formula is C16H21N7O3. The molecule has 2 heterocycles. The average molecular weight is 359 g/mol. The molecule has 1 aliphatic rings. The number of hydrogen-bond acceptors (Lipinski definition) is 9. The van der Waals surface area contributed by atoms with Crippen molar-refractivity contribution < 1.29 is 9.66 Å². The number of aromatic nitrogens is 2. The highest BCUT2D eigenvalue weighted by molar-refractivity contribution is 5.70. The minimum absolute atomic E-state index is 0.0997. The Morgan fingerprint density at radius 1 is 1.12 bits per heavy atom. The van der Waals surface area contributed by atoms with Crippen molar-refractivity contribution in [3.05, 3.63) is 46.8 Å². The van der Waals surface area contributed by atoms with Gasteiger partial charge in [0.2, 0.25) is 11.6 Å². The summed E-state index contributed by atoms with van der Waals surface area (Å²) in [4.78, 5) is 21.3. The lowest BCUT2D eigenvalue weighted by molar-refractivity contribution is -0.383. The molecular weight excluding hydrogens is 338 g/mol. The van der Waals surface area contributed by atoms with Gasteiger partial charge in [0.25, 0.3) is 0 Å². The molecule has 0 spiro atoms. The van der Waals surface area contributed by atoms with E-state index in [1.54, 1.807) is 0 Å². The van der Waals surface area contributed by atoms with Crippen LogP contribution in [0.1, 0.15) is 0 Å². The van der Waals surface area contributed by atoms with Gasteiger partial charge in [0.15, 0.2) is 0 Å². The highest BCUT2D eigenvalue weighted by Gasteiger charge is 2.23. The molecule has 0 bridgehead atoms. The Kier molecular flexibility index (Phi) is 6.12. The van der Waals surface area contributed by atoms with E-state index in [-0.39, 0.29) is 17.3 Å². The first-order chi connectivity index (χ1) is 12.7. The molecule has 10 nitrogen and oxygen atoms in total. The predicted octanol–water partition coefficient (Wildman–Crippen LogP) is 1.57. The molecule has 1 fully saturated rings. The average Bonchev–Trinajstić information content (AvgIpc) is 2.68. The lowest BCUT2D eigenvalue weighted by Gasteiger charge is -2.26. The Balaban J connectivity index is 1.64. The smallest absolute Gasteiger partial charge is 0.354 e. The molecule has 1 aromatic carbocycles. The molecule has 0 atom stereocenters. The largest absolute Gasteiger partial charge is 0.379 e. The highest BCUT2D eigenvalue weighted by atomic mass is 16.6. The van der Waals surface area contributed by atoms with Crippen molar-refractivity contribution in [3.63, 3.8) is 0 Å². The predicted molar refractivity (Wildman–Crippen MR) is 98.1 cm³/mol. The van der Waals surface area contributed by atoms with Crippen molar-refractivity contribution in [3.8, 4) is 0 Å². The van der Waals surface area contributed by atoms with E-state index in [2.05, 4.69) is 31.0 Å². The summed E-state index contributed by atoms with van der Waals surface area (Å²) >= 11 is 0. The van der Waals surface area contributed by atoms with Crippen LogP contribution in [0.5, 0.6) is 0 Å². The number of para-hydroxylation sites is 1. The Morgan fingerprint density at radius 3 is 2.58 bits per heavy atom. The highest BCUT2D eigenvalue weighted by Crippen LogP contribution is 2.28. The topological polar surface area (TPSA) is 117 Å². The van der Waals surface area contributed by atoms with E-state index in [0.717, 1.165) is 25.3 Å². The summed E-state index contributed by atoms with van der Waals surface area (Å²) < 4.78 is 5.31. The summed E-state index contributed by atoms with van der Waals surface area (Å²) in [6.45, 7) is 4.46. The van der Waals surface area contributed by atoms with Crippen LogP contribution in [-0.4, -0.2) is 59.2 Å². The maximum atomic E-state index is 11.5. The maximum absolute atomic E-state index is 11.5. The van der Waals surface area contributed by atoms with E-state index in [4.69, 9.17) is 4.74 Å². The quantitative estimate of drug-likeness (QED) is 0.477. The number of benzene rings is 1. The van der Waals surface area contributed by atoms with Crippen molar-refractivity contribution in [2.24, 2.45) is 0 Å². The number of hydrogen-bond donors (Lipinski definition) is 3. The number of morpholine rings is 1. The molecule has 0 amide bonds. The van der Waals surface area contributed by atoms with Crippen LogP contribution in [0.25, 0.3) is 0 Å². The molecule has 0 radical (unpaired) electrons. The summed E-state index contributed by atoms with van der Waals surface area (Å²) in [7, 11) is 0. The van der Waals surface area contributed by atoms with Gasteiger partial charge in [-0.3, -0.25) is 25.9 Å². The zero-order chi connectivity index (χ0) is 18.2. The van der Waals surface area contributed by atoms with Gasteiger partial charge in [-0.15, -0.1) is 0 Å². The van der Waals surface area contributed by atoms with Crippen molar-refractivity contribution in [2.45, 2.75) is 0 Å². The molecule has 0 unspecified atom stereocenters. The third-order valence-corrected chi connectivity index (χ3v) is 3.93.